The Morgan fingerprint density at radius 3 is 2.67 bits per heavy atom. The fraction of sp³-hybridized carbons (Fsp3) is 0.636. The van der Waals surface area contributed by atoms with Gasteiger partial charge in [-0.1, -0.05) is 0 Å². The molecule has 1 aromatic rings. The van der Waals surface area contributed by atoms with Gasteiger partial charge >= 0.3 is 0 Å². The van der Waals surface area contributed by atoms with Crippen LogP contribution in [0, 0.1) is 0 Å². The van der Waals surface area contributed by atoms with E-state index in [1.54, 1.807) is 0 Å². The number of hydrazine groups is 1. The van der Waals surface area contributed by atoms with Crippen molar-refractivity contribution in [3.8, 4) is 5.88 Å². The van der Waals surface area contributed by atoms with Crippen LogP contribution in [0.5, 0.6) is 5.88 Å². The molecule has 18 heavy (non-hydrogen) atoms. The van der Waals surface area contributed by atoms with Crippen molar-refractivity contribution in [2.75, 3.05) is 5.43 Å². The Kier molecular flexibility index (Phi) is 4.36. The number of hydrogen-bond donors (Lipinski definition) is 2. The SMILES string of the molecule is CC1CC(Oc2ncnc(NN)c2Br)CC(C)O1. The molecule has 2 heterocycles. The van der Waals surface area contributed by atoms with Crippen molar-refractivity contribution in [1.82, 2.24) is 9.97 Å². The lowest BCUT2D eigenvalue weighted by Gasteiger charge is -2.32. The molecule has 0 radical (unpaired) electrons. The first-order chi connectivity index (χ1) is 8.60. The minimum Gasteiger partial charge on any atom is -0.473 e. The Labute approximate surface area is 114 Å². The first kappa shape index (κ1) is 13.5. The van der Waals surface area contributed by atoms with Gasteiger partial charge in [0.1, 0.15) is 16.9 Å². The van der Waals surface area contributed by atoms with Gasteiger partial charge in [-0.15, -0.1) is 0 Å². The van der Waals surface area contributed by atoms with Crippen LogP contribution in [-0.4, -0.2) is 28.3 Å². The highest BCUT2D eigenvalue weighted by atomic mass is 79.9. The molecule has 1 aromatic heterocycles. The molecule has 0 amide bonds. The molecular formula is C11H17BrN4O2. The number of nitrogens with one attached hydrogen (secondary N) is 1. The molecule has 1 fully saturated rings. The quantitative estimate of drug-likeness (QED) is 0.654. The second-order valence-electron chi connectivity index (χ2n) is 4.45. The lowest BCUT2D eigenvalue weighted by molar-refractivity contribution is -0.0731. The molecule has 0 saturated carbocycles. The molecule has 2 atom stereocenters. The molecule has 0 aliphatic carbocycles. The highest BCUT2D eigenvalue weighted by Gasteiger charge is 2.27. The smallest absolute Gasteiger partial charge is 0.233 e. The van der Waals surface area contributed by atoms with Gasteiger partial charge in [0, 0.05) is 12.8 Å². The van der Waals surface area contributed by atoms with E-state index in [1.165, 1.54) is 6.33 Å². The Morgan fingerprint density at radius 1 is 1.39 bits per heavy atom. The average molecular weight is 317 g/mol. The van der Waals surface area contributed by atoms with Gasteiger partial charge in [-0.2, -0.15) is 0 Å². The van der Waals surface area contributed by atoms with E-state index in [9.17, 15) is 0 Å². The van der Waals surface area contributed by atoms with E-state index < -0.39 is 0 Å². The fourth-order valence-corrected chi connectivity index (χ4v) is 2.55. The summed E-state index contributed by atoms with van der Waals surface area (Å²) in [6.07, 6.45) is 3.62. The van der Waals surface area contributed by atoms with Crippen LogP contribution in [0.2, 0.25) is 0 Å². The molecular weight excluding hydrogens is 300 g/mol. The first-order valence-electron chi connectivity index (χ1n) is 5.89. The van der Waals surface area contributed by atoms with Gasteiger partial charge in [0.05, 0.1) is 12.2 Å². The van der Waals surface area contributed by atoms with Crippen molar-refractivity contribution in [3.63, 3.8) is 0 Å². The topological polar surface area (TPSA) is 82.3 Å². The lowest BCUT2D eigenvalue weighted by atomic mass is 10.0. The van der Waals surface area contributed by atoms with Crippen molar-refractivity contribution in [2.24, 2.45) is 5.84 Å². The van der Waals surface area contributed by atoms with Crippen LogP contribution >= 0.6 is 15.9 Å². The summed E-state index contributed by atoms with van der Waals surface area (Å²) < 4.78 is 12.2. The standard InChI is InChI=1S/C11H17BrN4O2/c1-6-3-8(4-7(2)17-6)18-11-9(12)10(16-13)14-5-15-11/h5-8H,3-4,13H2,1-2H3,(H,14,15,16). The molecule has 100 valence electrons. The van der Waals surface area contributed by atoms with Crippen LogP contribution in [0.15, 0.2) is 10.8 Å². The number of nitrogen functional groups attached to an aromatic ring is 1. The molecule has 6 nitrogen and oxygen atoms in total. The van der Waals surface area contributed by atoms with Crippen LogP contribution in [0.4, 0.5) is 5.82 Å². The van der Waals surface area contributed by atoms with Crippen LogP contribution in [-0.2, 0) is 4.74 Å². The van der Waals surface area contributed by atoms with Crippen LogP contribution in [0.3, 0.4) is 0 Å². The minimum absolute atomic E-state index is 0.0978. The largest absolute Gasteiger partial charge is 0.473 e. The molecule has 3 N–H and O–H groups in total. The van der Waals surface area contributed by atoms with Gasteiger partial charge in [0.15, 0.2) is 5.82 Å². The van der Waals surface area contributed by atoms with E-state index in [0.717, 1.165) is 12.8 Å². The maximum absolute atomic E-state index is 5.90. The lowest BCUT2D eigenvalue weighted by Crippen LogP contribution is -2.36. The van der Waals surface area contributed by atoms with E-state index >= 15 is 0 Å². The van der Waals surface area contributed by atoms with Crippen molar-refractivity contribution in [3.05, 3.63) is 10.8 Å². The van der Waals surface area contributed by atoms with Gasteiger partial charge in [-0.3, -0.25) is 0 Å². The Balaban J connectivity index is 2.09. The third kappa shape index (κ3) is 3.09. The van der Waals surface area contributed by atoms with Gasteiger partial charge in [-0.05, 0) is 29.8 Å². The highest BCUT2D eigenvalue weighted by Crippen LogP contribution is 2.31. The predicted molar refractivity (Wildman–Crippen MR) is 71.2 cm³/mol. The fourth-order valence-electron chi connectivity index (χ4n) is 2.13. The van der Waals surface area contributed by atoms with Crippen molar-refractivity contribution < 1.29 is 9.47 Å². The molecule has 1 saturated heterocycles. The number of aromatic nitrogens is 2. The first-order valence-corrected chi connectivity index (χ1v) is 6.68. The monoisotopic (exact) mass is 316 g/mol. The van der Waals surface area contributed by atoms with Crippen LogP contribution in [0.1, 0.15) is 26.7 Å². The summed E-state index contributed by atoms with van der Waals surface area (Å²) in [5, 5.41) is 0. The summed E-state index contributed by atoms with van der Waals surface area (Å²) in [7, 11) is 0. The van der Waals surface area contributed by atoms with E-state index in [2.05, 4.69) is 31.3 Å². The maximum atomic E-state index is 5.90. The molecule has 0 spiro atoms. The number of rotatable bonds is 3. The molecule has 7 heteroatoms. The molecule has 1 aliphatic rings. The molecule has 2 unspecified atom stereocenters. The zero-order valence-electron chi connectivity index (χ0n) is 10.4. The molecule has 1 aliphatic heterocycles. The van der Waals surface area contributed by atoms with Gasteiger partial charge in [0.25, 0.3) is 0 Å². The summed E-state index contributed by atoms with van der Waals surface area (Å²) in [6.45, 7) is 4.10. The summed E-state index contributed by atoms with van der Waals surface area (Å²) in [4.78, 5) is 8.10. The molecule has 0 aromatic carbocycles. The van der Waals surface area contributed by atoms with Crippen molar-refractivity contribution in [1.29, 1.82) is 0 Å². The third-order valence-corrected chi connectivity index (χ3v) is 3.54. The molecule has 2 rings (SSSR count). The predicted octanol–water partition coefficient (Wildman–Crippen LogP) is 1.86. The summed E-state index contributed by atoms with van der Waals surface area (Å²) >= 11 is 3.37. The van der Waals surface area contributed by atoms with Crippen LogP contribution in [0.25, 0.3) is 0 Å². The Morgan fingerprint density at radius 2 is 2.06 bits per heavy atom. The van der Waals surface area contributed by atoms with Crippen molar-refractivity contribution >= 4 is 21.7 Å². The van der Waals surface area contributed by atoms with Gasteiger partial charge in [0.2, 0.25) is 5.88 Å². The highest BCUT2D eigenvalue weighted by molar-refractivity contribution is 9.10. The number of nitrogens with two attached hydrogens (primary N) is 1. The summed E-state index contributed by atoms with van der Waals surface area (Å²) in [5.41, 5.74) is 2.49. The van der Waals surface area contributed by atoms with Gasteiger partial charge < -0.3 is 14.9 Å². The Bertz CT molecular complexity index is 408. The number of halogens is 1. The number of hydrogen-bond acceptors (Lipinski definition) is 6. The summed E-state index contributed by atoms with van der Waals surface area (Å²) in [5.74, 6) is 6.36. The normalized spacial score (nSPS) is 27.9. The number of ether oxygens (including phenoxy) is 2. The number of nitrogens with zero attached hydrogens (tertiary/aromatic N) is 2. The Hall–Kier alpha value is -0.920. The maximum Gasteiger partial charge on any atom is 0.233 e. The zero-order valence-corrected chi connectivity index (χ0v) is 12.0. The minimum atomic E-state index is 0.0978. The number of anilines is 1. The second-order valence-corrected chi connectivity index (χ2v) is 5.25. The van der Waals surface area contributed by atoms with E-state index in [-0.39, 0.29) is 18.3 Å². The van der Waals surface area contributed by atoms with Crippen LogP contribution < -0.4 is 16.0 Å². The third-order valence-electron chi connectivity index (χ3n) is 2.83. The van der Waals surface area contributed by atoms with Gasteiger partial charge in [-0.25, -0.2) is 15.8 Å². The zero-order chi connectivity index (χ0) is 13.1. The summed E-state index contributed by atoms with van der Waals surface area (Å²) in [6, 6.07) is 0. The van der Waals surface area contributed by atoms with E-state index in [4.69, 9.17) is 15.3 Å². The van der Waals surface area contributed by atoms with E-state index in [0.29, 0.717) is 16.2 Å². The average Bonchev–Trinajstić information content (AvgIpc) is 2.30. The van der Waals surface area contributed by atoms with E-state index in [1.807, 2.05) is 13.8 Å². The second kappa shape index (κ2) is 5.81. The van der Waals surface area contributed by atoms with Crippen molar-refractivity contribution in [2.45, 2.75) is 45.0 Å². The molecule has 0 bridgehead atoms.